The summed E-state index contributed by atoms with van der Waals surface area (Å²) >= 11 is 6.49. The summed E-state index contributed by atoms with van der Waals surface area (Å²) in [6.07, 6.45) is 0. The lowest BCUT2D eigenvalue weighted by Crippen LogP contribution is -2.30. The lowest BCUT2D eigenvalue weighted by Gasteiger charge is -2.27. The normalized spacial score (nSPS) is 11.8. The van der Waals surface area contributed by atoms with Crippen LogP contribution in [0, 0.1) is 0 Å². The number of benzene rings is 1. The molecule has 0 aliphatic rings. The topological polar surface area (TPSA) is 44.5 Å². The number of halogens is 1. The third kappa shape index (κ3) is 2.73. The second-order valence-electron chi connectivity index (χ2n) is 5.27. The van der Waals surface area contributed by atoms with Crippen LogP contribution < -0.4 is 15.2 Å². The van der Waals surface area contributed by atoms with Crippen molar-refractivity contribution in [3.63, 3.8) is 0 Å². The minimum Gasteiger partial charge on any atom is -0.493 e. The Kier molecular flexibility index (Phi) is 4.51. The van der Waals surface area contributed by atoms with Gasteiger partial charge in [0.2, 0.25) is 0 Å². The first-order valence-corrected chi connectivity index (χ1v) is 6.35. The maximum absolute atomic E-state index is 6.49. The Hall–Kier alpha value is -0.930. The van der Waals surface area contributed by atoms with Crippen LogP contribution in [0.15, 0.2) is 6.07 Å². The SMILES string of the molecule is COc1cc(C(C)C)c(Cl)c(C(C)(C)N)c1OC. The van der Waals surface area contributed by atoms with Gasteiger partial charge in [-0.05, 0) is 31.4 Å². The van der Waals surface area contributed by atoms with Gasteiger partial charge in [-0.1, -0.05) is 25.4 Å². The van der Waals surface area contributed by atoms with Gasteiger partial charge < -0.3 is 15.2 Å². The van der Waals surface area contributed by atoms with Crippen LogP contribution in [0.25, 0.3) is 0 Å². The first-order chi connectivity index (χ1) is 8.23. The summed E-state index contributed by atoms with van der Waals surface area (Å²) in [7, 11) is 3.21. The fourth-order valence-electron chi connectivity index (χ4n) is 1.99. The summed E-state index contributed by atoms with van der Waals surface area (Å²) in [5, 5.41) is 0.662. The first kappa shape index (κ1) is 15.1. The molecule has 1 aromatic carbocycles. The summed E-state index contributed by atoms with van der Waals surface area (Å²) in [6.45, 7) is 7.97. The van der Waals surface area contributed by atoms with Crippen LogP contribution in [0.2, 0.25) is 5.02 Å². The van der Waals surface area contributed by atoms with E-state index in [1.54, 1.807) is 14.2 Å². The highest BCUT2D eigenvalue weighted by Gasteiger charge is 2.28. The van der Waals surface area contributed by atoms with Crippen molar-refractivity contribution in [2.45, 2.75) is 39.2 Å². The highest BCUT2D eigenvalue weighted by molar-refractivity contribution is 6.32. The standard InChI is InChI=1S/C14H22ClNO2/c1-8(2)9-7-10(17-5)13(18-6)11(12(9)15)14(3,4)16/h7-8H,16H2,1-6H3. The van der Waals surface area contributed by atoms with Crippen LogP contribution in [-0.4, -0.2) is 14.2 Å². The molecule has 0 heterocycles. The van der Waals surface area contributed by atoms with Gasteiger partial charge in [-0.3, -0.25) is 0 Å². The molecule has 0 bridgehead atoms. The van der Waals surface area contributed by atoms with Crippen LogP contribution in [0.4, 0.5) is 0 Å². The molecular weight excluding hydrogens is 250 g/mol. The molecule has 2 N–H and O–H groups in total. The zero-order valence-corrected chi connectivity index (χ0v) is 12.7. The van der Waals surface area contributed by atoms with E-state index in [0.717, 1.165) is 11.1 Å². The molecule has 0 aliphatic carbocycles. The molecule has 1 rings (SSSR count). The number of methoxy groups -OCH3 is 2. The van der Waals surface area contributed by atoms with E-state index in [9.17, 15) is 0 Å². The Morgan fingerprint density at radius 1 is 1.22 bits per heavy atom. The molecule has 4 heteroatoms. The summed E-state index contributed by atoms with van der Waals surface area (Å²) in [5.41, 5.74) is 7.41. The summed E-state index contributed by atoms with van der Waals surface area (Å²) < 4.78 is 10.8. The van der Waals surface area contributed by atoms with Gasteiger partial charge in [0.25, 0.3) is 0 Å². The Labute approximate surface area is 114 Å². The van der Waals surface area contributed by atoms with Gasteiger partial charge in [-0.25, -0.2) is 0 Å². The van der Waals surface area contributed by atoms with Crippen molar-refractivity contribution in [3.8, 4) is 11.5 Å². The minimum absolute atomic E-state index is 0.290. The van der Waals surface area contributed by atoms with Gasteiger partial charge in [0.15, 0.2) is 11.5 Å². The Bertz CT molecular complexity index is 436. The predicted molar refractivity (Wildman–Crippen MR) is 75.9 cm³/mol. The third-order valence-electron chi connectivity index (χ3n) is 2.90. The zero-order chi connectivity index (χ0) is 14.1. The molecule has 102 valence electrons. The van der Waals surface area contributed by atoms with Crippen LogP contribution in [0.3, 0.4) is 0 Å². The van der Waals surface area contributed by atoms with Crippen LogP contribution in [0.5, 0.6) is 11.5 Å². The van der Waals surface area contributed by atoms with Crippen LogP contribution in [0.1, 0.15) is 44.7 Å². The molecule has 0 fully saturated rings. The molecule has 1 aromatic rings. The van der Waals surface area contributed by atoms with Crippen molar-refractivity contribution in [2.24, 2.45) is 5.73 Å². The molecular formula is C14H22ClNO2. The Balaban J connectivity index is 3.68. The van der Waals surface area contributed by atoms with E-state index in [1.807, 2.05) is 19.9 Å². The molecule has 0 radical (unpaired) electrons. The number of hydrogen-bond acceptors (Lipinski definition) is 3. The van der Waals surface area contributed by atoms with E-state index in [1.165, 1.54) is 0 Å². The van der Waals surface area contributed by atoms with E-state index >= 15 is 0 Å². The average molecular weight is 272 g/mol. The van der Waals surface area contributed by atoms with Crippen LogP contribution in [-0.2, 0) is 5.54 Å². The predicted octanol–water partition coefficient (Wildman–Crippen LogP) is 3.67. The van der Waals surface area contributed by atoms with Crippen molar-refractivity contribution in [2.75, 3.05) is 14.2 Å². The van der Waals surface area contributed by atoms with Gasteiger partial charge in [0, 0.05) is 11.1 Å². The molecule has 0 saturated carbocycles. The molecule has 3 nitrogen and oxygen atoms in total. The van der Waals surface area contributed by atoms with Gasteiger partial charge in [-0.2, -0.15) is 0 Å². The van der Waals surface area contributed by atoms with E-state index in [0.29, 0.717) is 22.4 Å². The fraction of sp³-hybridized carbons (Fsp3) is 0.571. The highest BCUT2D eigenvalue weighted by atomic mass is 35.5. The van der Waals surface area contributed by atoms with Gasteiger partial charge >= 0.3 is 0 Å². The number of nitrogens with two attached hydrogens (primary N) is 1. The van der Waals surface area contributed by atoms with Crippen molar-refractivity contribution in [3.05, 3.63) is 22.2 Å². The molecule has 0 unspecified atom stereocenters. The van der Waals surface area contributed by atoms with Crippen molar-refractivity contribution in [1.82, 2.24) is 0 Å². The molecule has 0 aliphatic heterocycles. The maximum atomic E-state index is 6.49. The van der Waals surface area contributed by atoms with Crippen molar-refractivity contribution < 1.29 is 9.47 Å². The third-order valence-corrected chi connectivity index (χ3v) is 3.31. The van der Waals surface area contributed by atoms with Gasteiger partial charge in [-0.15, -0.1) is 0 Å². The van der Waals surface area contributed by atoms with E-state index in [-0.39, 0.29) is 0 Å². The second kappa shape index (κ2) is 5.37. The molecule has 0 spiro atoms. The molecule has 18 heavy (non-hydrogen) atoms. The molecule has 0 atom stereocenters. The van der Waals surface area contributed by atoms with Crippen molar-refractivity contribution in [1.29, 1.82) is 0 Å². The zero-order valence-electron chi connectivity index (χ0n) is 11.9. The minimum atomic E-state index is -0.597. The largest absolute Gasteiger partial charge is 0.493 e. The van der Waals surface area contributed by atoms with E-state index < -0.39 is 5.54 Å². The van der Waals surface area contributed by atoms with Gasteiger partial charge in [0.1, 0.15) is 0 Å². The molecule has 0 aromatic heterocycles. The lowest BCUT2D eigenvalue weighted by atomic mass is 9.89. The quantitative estimate of drug-likeness (QED) is 0.909. The fourth-order valence-corrected chi connectivity index (χ4v) is 2.59. The molecule has 0 saturated heterocycles. The highest BCUT2D eigenvalue weighted by Crippen LogP contribution is 2.45. The summed E-state index contributed by atoms with van der Waals surface area (Å²) in [6, 6.07) is 1.92. The van der Waals surface area contributed by atoms with E-state index in [4.69, 9.17) is 26.8 Å². The Morgan fingerprint density at radius 3 is 2.11 bits per heavy atom. The number of ether oxygens (including phenoxy) is 2. The van der Waals surface area contributed by atoms with E-state index in [2.05, 4.69) is 13.8 Å². The summed E-state index contributed by atoms with van der Waals surface area (Å²) in [4.78, 5) is 0. The van der Waals surface area contributed by atoms with Crippen LogP contribution >= 0.6 is 11.6 Å². The van der Waals surface area contributed by atoms with Crippen molar-refractivity contribution >= 4 is 11.6 Å². The monoisotopic (exact) mass is 271 g/mol. The summed E-state index contributed by atoms with van der Waals surface area (Å²) in [5.74, 6) is 1.57. The molecule has 0 amide bonds. The first-order valence-electron chi connectivity index (χ1n) is 5.97. The smallest absolute Gasteiger partial charge is 0.167 e. The average Bonchev–Trinajstić information content (AvgIpc) is 2.25. The maximum Gasteiger partial charge on any atom is 0.167 e. The second-order valence-corrected chi connectivity index (χ2v) is 5.64. The lowest BCUT2D eigenvalue weighted by molar-refractivity contribution is 0.343. The Morgan fingerprint density at radius 2 is 1.78 bits per heavy atom. The number of rotatable bonds is 4. The van der Waals surface area contributed by atoms with Gasteiger partial charge in [0.05, 0.1) is 19.2 Å². The number of hydrogen-bond donors (Lipinski definition) is 1.